The Labute approximate surface area is 113 Å². The van der Waals surface area contributed by atoms with Gasteiger partial charge in [0.2, 0.25) is 0 Å². The second kappa shape index (κ2) is 6.02. The Bertz CT molecular complexity index is 534. The Morgan fingerprint density at radius 2 is 2.00 bits per heavy atom. The van der Waals surface area contributed by atoms with E-state index in [0.717, 1.165) is 15.5 Å². The van der Waals surface area contributed by atoms with Crippen molar-refractivity contribution in [2.75, 3.05) is 7.11 Å². The van der Waals surface area contributed by atoms with Crippen molar-refractivity contribution in [2.24, 2.45) is 0 Å². The minimum atomic E-state index is -0.307. The highest BCUT2D eigenvalue weighted by Crippen LogP contribution is 2.27. The fourth-order valence-electron chi connectivity index (χ4n) is 1.35. The van der Waals surface area contributed by atoms with Crippen LogP contribution in [0.3, 0.4) is 0 Å². The number of halogens is 1. The van der Waals surface area contributed by atoms with Crippen LogP contribution in [0, 0.1) is 5.82 Å². The van der Waals surface area contributed by atoms with E-state index < -0.39 is 0 Å². The van der Waals surface area contributed by atoms with Gasteiger partial charge in [0.05, 0.1) is 7.11 Å². The fourth-order valence-corrected chi connectivity index (χ4v) is 3.22. The normalized spacial score (nSPS) is 10.3. The molecule has 0 amide bonds. The average Bonchev–Trinajstić information content (AvgIpc) is 2.86. The smallest absolute Gasteiger partial charge is 0.348 e. The molecule has 0 N–H and O–H groups in total. The molecule has 0 atom stereocenters. The summed E-state index contributed by atoms with van der Waals surface area (Å²) in [6, 6.07) is 10.0. The summed E-state index contributed by atoms with van der Waals surface area (Å²) in [6.45, 7) is 0. The SMILES string of the molecule is COC(=O)c1ccc(CSc2ccc(F)cc2)s1. The van der Waals surface area contributed by atoms with Crippen molar-refractivity contribution in [3.8, 4) is 0 Å². The number of methoxy groups -OCH3 is 1. The number of thiophene rings is 1. The van der Waals surface area contributed by atoms with E-state index in [1.807, 2.05) is 6.07 Å². The van der Waals surface area contributed by atoms with Gasteiger partial charge >= 0.3 is 5.97 Å². The largest absolute Gasteiger partial charge is 0.465 e. The van der Waals surface area contributed by atoms with Crippen molar-refractivity contribution >= 4 is 29.1 Å². The number of esters is 1. The molecule has 2 nitrogen and oxygen atoms in total. The van der Waals surface area contributed by atoms with Crippen molar-refractivity contribution < 1.29 is 13.9 Å². The number of benzene rings is 1. The van der Waals surface area contributed by atoms with E-state index in [-0.39, 0.29) is 11.8 Å². The number of carbonyl (C=O) groups is 1. The molecule has 2 rings (SSSR count). The van der Waals surface area contributed by atoms with Crippen molar-refractivity contribution in [1.82, 2.24) is 0 Å². The van der Waals surface area contributed by atoms with Crippen LogP contribution in [-0.4, -0.2) is 13.1 Å². The molecule has 0 aliphatic carbocycles. The highest BCUT2D eigenvalue weighted by molar-refractivity contribution is 7.98. The Kier molecular flexibility index (Phi) is 4.38. The number of hydrogen-bond donors (Lipinski definition) is 0. The van der Waals surface area contributed by atoms with Crippen LogP contribution in [0.1, 0.15) is 14.5 Å². The molecule has 1 heterocycles. The molecule has 0 aliphatic rings. The van der Waals surface area contributed by atoms with Gasteiger partial charge in [-0.2, -0.15) is 0 Å². The topological polar surface area (TPSA) is 26.3 Å². The summed E-state index contributed by atoms with van der Waals surface area (Å²) in [7, 11) is 1.37. The van der Waals surface area contributed by atoms with Crippen LogP contribution in [0.5, 0.6) is 0 Å². The van der Waals surface area contributed by atoms with Crippen LogP contribution >= 0.6 is 23.1 Å². The van der Waals surface area contributed by atoms with Crippen molar-refractivity contribution in [3.63, 3.8) is 0 Å². The minimum absolute atomic E-state index is 0.233. The van der Waals surface area contributed by atoms with Gasteiger partial charge in [0, 0.05) is 15.5 Å². The first-order valence-electron chi connectivity index (χ1n) is 5.24. The van der Waals surface area contributed by atoms with E-state index in [1.54, 1.807) is 30.0 Å². The quantitative estimate of drug-likeness (QED) is 0.627. The van der Waals surface area contributed by atoms with Crippen LogP contribution in [0.2, 0.25) is 0 Å². The maximum Gasteiger partial charge on any atom is 0.348 e. The molecule has 94 valence electrons. The van der Waals surface area contributed by atoms with Gasteiger partial charge in [-0.3, -0.25) is 0 Å². The lowest BCUT2D eigenvalue weighted by Crippen LogP contribution is -1.96. The molecule has 0 unspecified atom stereocenters. The molecule has 18 heavy (non-hydrogen) atoms. The molecule has 0 spiro atoms. The lowest BCUT2D eigenvalue weighted by atomic mass is 10.4. The second-order valence-electron chi connectivity index (χ2n) is 3.50. The van der Waals surface area contributed by atoms with Gasteiger partial charge < -0.3 is 4.74 Å². The standard InChI is InChI=1S/C13H11FO2S2/c1-16-13(15)12-7-6-11(18-12)8-17-10-4-2-9(14)3-5-10/h2-7H,8H2,1H3. The predicted octanol–water partition coefficient (Wildman–Crippen LogP) is 3.97. The van der Waals surface area contributed by atoms with Gasteiger partial charge in [-0.05, 0) is 36.4 Å². The molecule has 1 aromatic heterocycles. The molecule has 0 radical (unpaired) electrons. The van der Waals surface area contributed by atoms with E-state index in [1.165, 1.54) is 30.6 Å². The molecule has 5 heteroatoms. The molecular formula is C13H11FO2S2. The Hall–Kier alpha value is -1.33. The van der Waals surface area contributed by atoms with E-state index in [2.05, 4.69) is 4.74 Å². The number of thioether (sulfide) groups is 1. The highest BCUT2D eigenvalue weighted by atomic mass is 32.2. The van der Waals surface area contributed by atoms with Crippen LogP contribution in [0.25, 0.3) is 0 Å². The van der Waals surface area contributed by atoms with Crippen LogP contribution in [0.15, 0.2) is 41.3 Å². The molecule has 2 aromatic rings. The fraction of sp³-hybridized carbons (Fsp3) is 0.154. The third kappa shape index (κ3) is 3.34. The highest BCUT2D eigenvalue weighted by Gasteiger charge is 2.09. The minimum Gasteiger partial charge on any atom is -0.465 e. The summed E-state index contributed by atoms with van der Waals surface area (Å²) in [5.74, 6) is 0.217. The molecule has 1 aromatic carbocycles. The monoisotopic (exact) mass is 282 g/mol. The zero-order chi connectivity index (χ0) is 13.0. The number of rotatable bonds is 4. The zero-order valence-corrected chi connectivity index (χ0v) is 11.3. The molecule has 0 aliphatic heterocycles. The molecule has 0 fully saturated rings. The molecule has 0 bridgehead atoms. The maximum absolute atomic E-state index is 12.7. The van der Waals surface area contributed by atoms with E-state index in [9.17, 15) is 9.18 Å². The van der Waals surface area contributed by atoms with E-state index >= 15 is 0 Å². The van der Waals surface area contributed by atoms with Gasteiger partial charge in [-0.1, -0.05) is 0 Å². The second-order valence-corrected chi connectivity index (χ2v) is 5.72. The van der Waals surface area contributed by atoms with Crippen LogP contribution in [0.4, 0.5) is 4.39 Å². The van der Waals surface area contributed by atoms with Gasteiger partial charge in [0.25, 0.3) is 0 Å². The Morgan fingerprint density at radius 3 is 2.67 bits per heavy atom. The zero-order valence-electron chi connectivity index (χ0n) is 9.68. The summed E-state index contributed by atoms with van der Waals surface area (Å²) >= 11 is 3.03. The number of carbonyl (C=O) groups excluding carboxylic acids is 1. The average molecular weight is 282 g/mol. The summed E-state index contributed by atoms with van der Waals surface area (Å²) < 4.78 is 17.4. The molecular weight excluding hydrogens is 271 g/mol. The van der Waals surface area contributed by atoms with Gasteiger partial charge in [-0.15, -0.1) is 23.1 Å². The van der Waals surface area contributed by atoms with E-state index in [0.29, 0.717) is 4.88 Å². The Morgan fingerprint density at radius 1 is 1.28 bits per heavy atom. The van der Waals surface area contributed by atoms with Gasteiger partial charge in [0.15, 0.2) is 0 Å². The van der Waals surface area contributed by atoms with Crippen LogP contribution < -0.4 is 0 Å². The first-order chi connectivity index (χ1) is 8.69. The van der Waals surface area contributed by atoms with Crippen LogP contribution in [-0.2, 0) is 10.5 Å². The van der Waals surface area contributed by atoms with Gasteiger partial charge in [-0.25, -0.2) is 9.18 Å². The molecule has 0 saturated carbocycles. The number of hydrogen-bond acceptors (Lipinski definition) is 4. The first kappa shape index (κ1) is 13.1. The summed E-state index contributed by atoms with van der Waals surface area (Å²) in [6.07, 6.45) is 0. The predicted molar refractivity (Wildman–Crippen MR) is 71.6 cm³/mol. The van der Waals surface area contributed by atoms with Crippen molar-refractivity contribution in [3.05, 3.63) is 52.0 Å². The lowest BCUT2D eigenvalue weighted by Gasteiger charge is -1.99. The first-order valence-corrected chi connectivity index (χ1v) is 7.04. The third-order valence-corrected chi connectivity index (χ3v) is 4.55. The van der Waals surface area contributed by atoms with E-state index in [4.69, 9.17) is 0 Å². The molecule has 0 saturated heterocycles. The summed E-state index contributed by atoms with van der Waals surface area (Å²) in [5.41, 5.74) is 0. The van der Waals surface area contributed by atoms with Gasteiger partial charge in [0.1, 0.15) is 10.7 Å². The Balaban J connectivity index is 1.96. The van der Waals surface area contributed by atoms with Crippen molar-refractivity contribution in [2.45, 2.75) is 10.6 Å². The summed E-state index contributed by atoms with van der Waals surface area (Å²) in [4.78, 5) is 14.0. The maximum atomic E-state index is 12.7. The third-order valence-electron chi connectivity index (χ3n) is 2.24. The number of ether oxygens (including phenoxy) is 1. The van der Waals surface area contributed by atoms with Crippen molar-refractivity contribution in [1.29, 1.82) is 0 Å². The summed E-state index contributed by atoms with van der Waals surface area (Å²) in [5, 5.41) is 0. The lowest BCUT2D eigenvalue weighted by molar-refractivity contribution is 0.0606.